The maximum absolute atomic E-state index is 0. The Balaban J connectivity index is 0. The van der Waals surface area contributed by atoms with Gasteiger partial charge in [-0.3, -0.25) is 0 Å². The molecule has 0 aliphatic heterocycles. The van der Waals surface area contributed by atoms with E-state index in [9.17, 15) is 0 Å². The Kier molecular flexibility index (Phi) is 409. The van der Waals surface area contributed by atoms with Gasteiger partial charge in [0.05, 0.1) is 0 Å². The first-order valence-electron chi connectivity index (χ1n) is 0. The van der Waals surface area contributed by atoms with E-state index in [2.05, 4.69) is 0 Å². The van der Waals surface area contributed by atoms with Gasteiger partial charge in [-0.15, -0.1) is 0 Å². The van der Waals surface area contributed by atoms with Crippen LogP contribution in [-0.2, 0) is 16.4 Å². The van der Waals surface area contributed by atoms with Gasteiger partial charge in [-0.1, -0.05) is 0 Å². The molecule has 0 aliphatic carbocycles. The summed E-state index contributed by atoms with van der Waals surface area (Å²) in [6, 6.07) is 0. The van der Waals surface area contributed by atoms with Gasteiger partial charge >= 0.3 is 104 Å². The minimum atomic E-state index is 0. The molecule has 6 heteroatoms. The Bertz CT molecular complexity index is 10.8. The SMILES string of the molecule is [Al+3].[Ba+2].[Ca+2].[O-2].[O-2].[O-2]. The quantitative estimate of drug-likeness (QED) is 0.470. The molecule has 6 heavy (non-hydrogen) atoms. The molecule has 0 amide bonds. The number of rotatable bonds is 0. The van der Waals surface area contributed by atoms with E-state index in [-0.39, 0.29) is 120 Å². The zero-order valence-corrected chi connectivity index (χ0v) is 11.0. The molecule has 0 fully saturated rings. The zero-order valence-electron chi connectivity index (χ0n) is 3.22. The fraction of sp³-hybridized carbons (Fsp3) is 0. The molecular formula is AlBaCaO3+. The first-order valence-corrected chi connectivity index (χ1v) is 0. The van der Waals surface area contributed by atoms with Gasteiger partial charge in [-0.05, 0) is 0 Å². The molecule has 0 rings (SSSR count). The summed E-state index contributed by atoms with van der Waals surface area (Å²) in [5.41, 5.74) is 0. The van der Waals surface area contributed by atoms with Crippen LogP contribution in [-0.4, -0.2) is 104 Å². The minimum absolute atomic E-state index is 0. The van der Waals surface area contributed by atoms with Gasteiger partial charge in [-0.2, -0.15) is 0 Å². The van der Waals surface area contributed by atoms with Crippen LogP contribution in [0.4, 0.5) is 0 Å². The number of hydrogen-bond donors (Lipinski definition) is 0. The van der Waals surface area contributed by atoms with Gasteiger partial charge in [0.15, 0.2) is 0 Å². The molecule has 0 aliphatic rings. The van der Waals surface area contributed by atoms with Crippen molar-refractivity contribution in [3.63, 3.8) is 0 Å². The molecule has 3 nitrogen and oxygen atoms in total. The monoisotopic (exact) mass is 253 g/mol. The van der Waals surface area contributed by atoms with Gasteiger partial charge in [0.25, 0.3) is 0 Å². The van der Waals surface area contributed by atoms with E-state index in [1.54, 1.807) is 0 Å². The van der Waals surface area contributed by atoms with Crippen LogP contribution in [0.3, 0.4) is 0 Å². The average molecular weight is 252 g/mol. The smallest absolute Gasteiger partial charge is 2.00 e. The summed E-state index contributed by atoms with van der Waals surface area (Å²) in [6.45, 7) is 0. The maximum Gasteiger partial charge on any atom is 3.00 e. The molecule has 0 unspecified atom stereocenters. The summed E-state index contributed by atoms with van der Waals surface area (Å²) in [4.78, 5) is 0. The van der Waals surface area contributed by atoms with Crippen molar-refractivity contribution in [2.24, 2.45) is 0 Å². The van der Waals surface area contributed by atoms with E-state index in [1.165, 1.54) is 0 Å². The van der Waals surface area contributed by atoms with Crippen molar-refractivity contribution in [2.75, 3.05) is 0 Å². The largest absolute Gasteiger partial charge is 3.00 e. The van der Waals surface area contributed by atoms with Crippen LogP contribution in [0.15, 0.2) is 0 Å². The van der Waals surface area contributed by atoms with E-state index >= 15 is 0 Å². The van der Waals surface area contributed by atoms with Crippen molar-refractivity contribution >= 4 is 104 Å². The summed E-state index contributed by atoms with van der Waals surface area (Å²) in [5.74, 6) is 0. The Hall–Kier alpha value is 3.24. The van der Waals surface area contributed by atoms with Gasteiger partial charge in [-0.25, -0.2) is 0 Å². The maximum atomic E-state index is 0. The fourth-order valence-electron chi connectivity index (χ4n) is 0. The second kappa shape index (κ2) is 41.1. The first-order chi connectivity index (χ1) is 0. The van der Waals surface area contributed by atoms with Crippen molar-refractivity contribution < 1.29 is 16.4 Å². The Morgan fingerprint density at radius 3 is 0.667 bits per heavy atom. The molecule has 0 N–H and O–H groups in total. The van der Waals surface area contributed by atoms with E-state index in [0.29, 0.717) is 0 Å². The molecule has 0 aromatic rings. The molecule has 0 atom stereocenters. The van der Waals surface area contributed by atoms with Crippen molar-refractivity contribution in [1.82, 2.24) is 0 Å². The van der Waals surface area contributed by atoms with Crippen LogP contribution in [0.1, 0.15) is 0 Å². The van der Waals surface area contributed by atoms with Crippen LogP contribution in [0.25, 0.3) is 0 Å². The van der Waals surface area contributed by atoms with Gasteiger partial charge in [0.1, 0.15) is 0 Å². The molecule has 0 bridgehead atoms. The standard InChI is InChI=1S/Al.Ba.Ca.3O/q+3;2*+2;3*-2. The van der Waals surface area contributed by atoms with Crippen molar-refractivity contribution in [3.8, 4) is 0 Å². The predicted molar refractivity (Wildman–Crippen MR) is 19.3 cm³/mol. The average Bonchev–Trinajstić information content (AvgIpc) is 0. The van der Waals surface area contributed by atoms with Crippen molar-refractivity contribution in [1.29, 1.82) is 0 Å². The van der Waals surface area contributed by atoms with Gasteiger partial charge in [0, 0.05) is 0 Å². The summed E-state index contributed by atoms with van der Waals surface area (Å²) in [6.07, 6.45) is 0. The summed E-state index contributed by atoms with van der Waals surface area (Å²) < 4.78 is 0. The van der Waals surface area contributed by atoms with Crippen LogP contribution in [0.5, 0.6) is 0 Å². The molecular weight excluding hydrogens is 252 g/mol. The van der Waals surface area contributed by atoms with Crippen LogP contribution in [0, 0.1) is 0 Å². The summed E-state index contributed by atoms with van der Waals surface area (Å²) in [7, 11) is 0. The molecule has 0 aromatic heterocycles. The zero-order chi connectivity index (χ0) is 0. The van der Waals surface area contributed by atoms with E-state index in [4.69, 9.17) is 0 Å². The van der Waals surface area contributed by atoms with Crippen LogP contribution in [0.2, 0.25) is 0 Å². The fourth-order valence-corrected chi connectivity index (χ4v) is 0. The third-order valence-corrected chi connectivity index (χ3v) is 0. The second-order valence-electron chi connectivity index (χ2n) is 0. The molecule has 0 aromatic carbocycles. The van der Waals surface area contributed by atoms with E-state index in [0.717, 1.165) is 0 Å². The third kappa shape index (κ3) is 26.8. The molecule has 24 valence electrons. The topological polar surface area (TPSA) is 85.5 Å². The summed E-state index contributed by atoms with van der Waals surface area (Å²) >= 11 is 0. The van der Waals surface area contributed by atoms with Gasteiger partial charge in [0.2, 0.25) is 0 Å². The van der Waals surface area contributed by atoms with Crippen molar-refractivity contribution in [2.45, 2.75) is 0 Å². The van der Waals surface area contributed by atoms with Crippen LogP contribution >= 0.6 is 0 Å². The number of hydrogen-bond acceptors (Lipinski definition) is 0. The van der Waals surface area contributed by atoms with Crippen molar-refractivity contribution in [3.05, 3.63) is 0 Å². The Morgan fingerprint density at radius 1 is 0.667 bits per heavy atom. The molecule has 0 radical (unpaired) electrons. The summed E-state index contributed by atoms with van der Waals surface area (Å²) in [5, 5.41) is 0. The van der Waals surface area contributed by atoms with Gasteiger partial charge < -0.3 is 16.4 Å². The molecule has 0 heterocycles. The van der Waals surface area contributed by atoms with E-state index in [1.807, 2.05) is 0 Å². The normalized spacial score (nSPS) is 0. The molecule has 0 saturated heterocycles. The molecule has 0 spiro atoms. The van der Waals surface area contributed by atoms with Crippen LogP contribution < -0.4 is 0 Å². The second-order valence-corrected chi connectivity index (χ2v) is 0. The predicted octanol–water partition coefficient (Wildman–Crippen LogP) is -1.50. The van der Waals surface area contributed by atoms with E-state index < -0.39 is 0 Å². The first kappa shape index (κ1) is 59.7. The third-order valence-electron chi connectivity index (χ3n) is 0. The Labute approximate surface area is 117 Å². The molecule has 0 saturated carbocycles. The Morgan fingerprint density at radius 2 is 0.667 bits per heavy atom. The minimum Gasteiger partial charge on any atom is -2.00 e.